The van der Waals surface area contributed by atoms with Crippen molar-refractivity contribution in [2.75, 3.05) is 11.5 Å². The fourth-order valence-electron chi connectivity index (χ4n) is 5.81. The molecule has 6 nitrogen and oxygen atoms in total. The van der Waals surface area contributed by atoms with Gasteiger partial charge in [0, 0.05) is 5.92 Å². The maximum atomic E-state index is 13.5. The average molecular weight is 490 g/mol. The normalized spacial score (nSPS) is 23.3. The first kappa shape index (κ1) is 25.9. The Labute approximate surface area is 212 Å². The third-order valence-corrected chi connectivity index (χ3v) is 7.62. The first-order valence-corrected chi connectivity index (χ1v) is 12.8. The number of imide groups is 1. The molecule has 2 amide bonds. The van der Waals surface area contributed by atoms with Crippen LogP contribution in [-0.2, 0) is 9.59 Å². The van der Waals surface area contributed by atoms with Crippen LogP contribution >= 0.6 is 0 Å². The number of para-hydroxylation sites is 1. The van der Waals surface area contributed by atoms with Crippen molar-refractivity contribution < 1.29 is 24.9 Å². The number of carbonyl (C=O) groups excluding carboxylic acids is 2. The van der Waals surface area contributed by atoms with Gasteiger partial charge in [0.15, 0.2) is 0 Å². The number of carbonyl (C=O) groups is 2. The molecule has 0 spiro atoms. The van der Waals surface area contributed by atoms with Crippen LogP contribution < -0.4 is 4.90 Å². The maximum absolute atomic E-state index is 13.5. The second-order valence-corrected chi connectivity index (χ2v) is 9.69. The van der Waals surface area contributed by atoms with Crippen molar-refractivity contribution in [3.8, 4) is 5.75 Å². The molecule has 1 heterocycles. The summed E-state index contributed by atoms with van der Waals surface area (Å²) >= 11 is 0. The Morgan fingerprint density at radius 1 is 1.08 bits per heavy atom. The van der Waals surface area contributed by atoms with Crippen molar-refractivity contribution >= 4 is 23.6 Å². The van der Waals surface area contributed by atoms with E-state index in [2.05, 4.69) is 6.92 Å². The Morgan fingerprint density at radius 3 is 2.47 bits per heavy atom. The number of anilines is 1. The fraction of sp³-hybridized carbons (Fsp3) is 0.400. The molecule has 1 aliphatic heterocycles. The lowest BCUT2D eigenvalue weighted by atomic mass is 9.67. The lowest BCUT2D eigenvalue weighted by Gasteiger charge is -2.36. The summed E-state index contributed by atoms with van der Waals surface area (Å²) in [6, 6.07) is 16.0. The molecular formula is C30H35NO5. The average Bonchev–Trinajstić information content (AvgIpc) is 3.14. The standard InChI is InChI=1S/C30H35NO5/c1-3-19(15-20-9-8-12-23(33)16-20)13-14-26(34)27-21(4-2)17-24-28(25(27)18-32)30(36)31(29(24)35)22-10-6-5-7-11-22/h5-12,15-16,24-26,28,32-34H,3-4,13-14,17-18H2,1-2H3/b19-15+/t24-,25+,26-,28-/m1/s1. The highest BCUT2D eigenvalue weighted by atomic mass is 16.3. The molecule has 6 heteroatoms. The molecule has 4 rings (SSSR count). The van der Waals surface area contributed by atoms with E-state index in [4.69, 9.17) is 0 Å². The maximum Gasteiger partial charge on any atom is 0.238 e. The van der Waals surface area contributed by atoms with Gasteiger partial charge in [-0.15, -0.1) is 0 Å². The predicted molar refractivity (Wildman–Crippen MR) is 140 cm³/mol. The summed E-state index contributed by atoms with van der Waals surface area (Å²) in [5, 5.41) is 31.5. The Balaban J connectivity index is 1.57. The van der Waals surface area contributed by atoms with Gasteiger partial charge in [0.2, 0.25) is 11.8 Å². The molecule has 2 aliphatic rings. The molecule has 2 aromatic carbocycles. The van der Waals surface area contributed by atoms with Gasteiger partial charge in [-0.2, -0.15) is 0 Å². The number of aliphatic hydroxyl groups is 2. The number of benzene rings is 2. The quantitative estimate of drug-likeness (QED) is 0.346. The molecule has 1 fully saturated rings. The van der Waals surface area contributed by atoms with Crippen molar-refractivity contribution in [2.45, 2.75) is 52.1 Å². The third-order valence-electron chi connectivity index (χ3n) is 7.62. The lowest BCUT2D eigenvalue weighted by Crippen LogP contribution is -2.39. The minimum absolute atomic E-state index is 0.208. The van der Waals surface area contributed by atoms with E-state index in [0.717, 1.165) is 28.7 Å². The number of amides is 2. The highest BCUT2D eigenvalue weighted by molar-refractivity contribution is 6.22. The zero-order valence-corrected chi connectivity index (χ0v) is 20.9. The molecule has 190 valence electrons. The molecule has 3 N–H and O–H groups in total. The molecule has 0 saturated carbocycles. The summed E-state index contributed by atoms with van der Waals surface area (Å²) < 4.78 is 0. The number of aliphatic hydroxyl groups excluding tert-OH is 2. The Bertz CT molecular complexity index is 1170. The van der Waals surface area contributed by atoms with E-state index in [-0.39, 0.29) is 24.2 Å². The Morgan fingerprint density at radius 2 is 1.83 bits per heavy atom. The second-order valence-electron chi connectivity index (χ2n) is 9.69. The van der Waals surface area contributed by atoms with Crippen LogP contribution in [0.4, 0.5) is 5.69 Å². The van der Waals surface area contributed by atoms with Crippen molar-refractivity contribution in [1.29, 1.82) is 0 Å². The largest absolute Gasteiger partial charge is 0.508 e. The van der Waals surface area contributed by atoms with Crippen molar-refractivity contribution in [1.82, 2.24) is 0 Å². The van der Waals surface area contributed by atoms with E-state index < -0.39 is 23.9 Å². The van der Waals surface area contributed by atoms with Crippen LogP contribution in [0.5, 0.6) is 5.75 Å². The summed E-state index contributed by atoms with van der Waals surface area (Å²) in [7, 11) is 0. The molecule has 1 aliphatic carbocycles. The minimum Gasteiger partial charge on any atom is -0.508 e. The van der Waals surface area contributed by atoms with Gasteiger partial charge in [-0.3, -0.25) is 14.5 Å². The first-order chi connectivity index (χ1) is 17.4. The first-order valence-electron chi connectivity index (χ1n) is 12.8. The number of allylic oxidation sites excluding steroid dienone is 2. The zero-order chi connectivity index (χ0) is 25.8. The molecule has 2 aromatic rings. The van der Waals surface area contributed by atoms with Crippen LogP contribution in [0.1, 0.15) is 51.5 Å². The van der Waals surface area contributed by atoms with Crippen LogP contribution in [0.15, 0.2) is 71.3 Å². The minimum atomic E-state index is -0.814. The number of hydrogen-bond acceptors (Lipinski definition) is 5. The van der Waals surface area contributed by atoms with E-state index in [1.54, 1.807) is 42.5 Å². The molecule has 36 heavy (non-hydrogen) atoms. The van der Waals surface area contributed by atoms with Gasteiger partial charge < -0.3 is 15.3 Å². The third kappa shape index (κ3) is 5.01. The van der Waals surface area contributed by atoms with Gasteiger partial charge in [-0.05, 0) is 67.5 Å². The number of phenolic OH excluding ortho intramolecular Hbond substituents is 1. The molecule has 0 aromatic heterocycles. The van der Waals surface area contributed by atoms with Crippen LogP contribution in [0.3, 0.4) is 0 Å². The van der Waals surface area contributed by atoms with E-state index in [0.29, 0.717) is 31.4 Å². The Hall–Kier alpha value is -3.22. The van der Waals surface area contributed by atoms with Gasteiger partial charge in [-0.25, -0.2) is 0 Å². The van der Waals surface area contributed by atoms with E-state index in [1.165, 1.54) is 4.90 Å². The lowest BCUT2D eigenvalue weighted by molar-refractivity contribution is -0.123. The number of nitrogens with zero attached hydrogens (tertiary/aromatic N) is 1. The van der Waals surface area contributed by atoms with E-state index in [1.807, 2.05) is 25.1 Å². The summed E-state index contributed by atoms with van der Waals surface area (Å²) in [6.07, 6.45) is 4.19. The van der Waals surface area contributed by atoms with Gasteiger partial charge in [0.05, 0.1) is 30.2 Å². The Kier molecular flexibility index (Phi) is 8.07. The highest BCUT2D eigenvalue weighted by Crippen LogP contribution is 2.47. The molecule has 0 unspecified atom stereocenters. The number of fused-ring (bicyclic) bond motifs is 1. The van der Waals surface area contributed by atoms with Gasteiger partial charge in [0.1, 0.15) is 5.75 Å². The van der Waals surface area contributed by atoms with Crippen molar-refractivity contribution in [2.24, 2.45) is 17.8 Å². The summed E-state index contributed by atoms with van der Waals surface area (Å²) in [5.41, 5.74) is 4.27. The summed E-state index contributed by atoms with van der Waals surface area (Å²) in [6.45, 7) is 3.76. The van der Waals surface area contributed by atoms with Gasteiger partial charge in [-0.1, -0.05) is 61.4 Å². The monoisotopic (exact) mass is 489 g/mol. The summed E-state index contributed by atoms with van der Waals surface area (Å²) in [4.78, 5) is 28.1. The smallest absolute Gasteiger partial charge is 0.238 e. The van der Waals surface area contributed by atoms with Crippen molar-refractivity contribution in [3.63, 3.8) is 0 Å². The number of phenols is 1. The number of aromatic hydroxyl groups is 1. The molecule has 1 saturated heterocycles. The van der Waals surface area contributed by atoms with Crippen LogP contribution in [-0.4, -0.2) is 39.8 Å². The number of rotatable bonds is 9. The molecular weight excluding hydrogens is 454 g/mol. The fourth-order valence-corrected chi connectivity index (χ4v) is 5.81. The zero-order valence-electron chi connectivity index (χ0n) is 20.9. The predicted octanol–water partition coefficient (Wildman–Crippen LogP) is 4.85. The SMILES string of the molecule is CCC1=C([C@H](O)CC/C(=C/c2cccc(O)c2)CC)[C@H](CO)[C@@H]2C(=O)N(c3ccccc3)C(=O)[C@@H]2C1. The second kappa shape index (κ2) is 11.2. The highest BCUT2D eigenvalue weighted by Gasteiger charge is 2.55. The molecule has 4 atom stereocenters. The van der Waals surface area contributed by atoms with Crippen LogP contribution in [0.25, 0.3) is 6.08 Å². The van der Waals surface area contributed by atoms with E-state index in [9.17, 15) is 24.9 Å². The topological polar surface area (TPSA) is 98.1 Å². The van der Waals surface area contributed by atoms with Crippen molar-refractivity contribution in [3.05, 3.63) is 76.9 Å². The molecule has 0 bridgehead atoms. The van der Waals surface area contributed by atoms with Gasteiger partial charge >= 0.3 is 0 Å². The molecule has 0 radical (unpaired) electrons. The van der Waals surface area contributed by atoms with Crippen LogP contribution in [0, 0.1) is 17.8 Å². The van der Waals surface area contributed by atoms with Gasteiger partial charge in [0.25, 0.3) is 0 Å². The van der Waals surface area contributed by atoms with E-state index >= 15 is 0 Å². The summed E-state index contributed by atoms with van der Waals surface area (Å²) in [5.74, 6) is -2.09. The number of hydrogen-bond donors (Lipinski definition) is 3. The van der Waals surface area contributed by atoms with Crippen LogP contribution in [0.2, 0.25) is 0 Å².